The lowest BCUT2D eigenvalue weighted by Gasteiger charge is -2.19. The van der Waals surface area contributed by atoms with Crippen molar-refractivity contribution in [2.24, 2.45) is 5.41 Å². The molecule has 4 heteroatoms. The summed E-state index contributed by atoms with van der Waals surface area (Å²) >= 11 is 0. The zero-order valence-electron chi connectivity index (χ0n) is 10.8. The first-order valence-electron chi connectivity index (χ1n) is 5.92. The van der Waals surface area contributed by atoms with Crippen LogP contribution in [0.3, 0.4) is 0 Å². The zero-order valence-corrected chi connectivity index (χ0v) is 10.8. The van der Waals surface area contributed by atoms with Crippen LogP contribution in [-0.2, 0) is 0 Å². The third kappa shape index (κ3) is 2.70. The van der Waals surface area contributed by atoms with E-state index in [0.29, 0.717) is 17.6 Å². The molecule has 0 aliphatic heterocycles. The third-order valence-corrected chi connectivity index (χ3v) is 2.64. The lowest BCUT2D eigenvalue weighted by Crippen LogP contribution is -2.23. The second-order valence-corrected chi connectivity index (χ2v) is 5.63. The predicted octanol–water partition coefficient (Wildman–Crippen LogP) is 3.13. The molecule has 0 aliphatic carbocycles. The number of H-pyrrole nitrogens is 1. The van der Waals surface area contributed by atoms with Gasteiger partial charge in [0.25, 0.3) is 5.56 Å². The molecule has 0 bridgehead atoms. The molecule has 0 aliphatic rings. The van der Waals surface area contributed by atoms with Crippen LogP contribution in [0.4, 0.5) is 10.1 Å². The van der Waals surface area contributed by atoms with Gasteiger partial charge in [0.15, 0.2) is 0 Å². The largest absolute Gasteiger partial charge is 0.380 e. The lowest BCUT2D eigenvalue weighted by molar-refractivity contribution is 0.443. The summed E-state index contributed by atoms with van der Waals surface area (Å²) in [6.07, 6.45) is 0. The van der Waals surface area contributed by atoms with E-state index in [1.807, 2.05) is 0 Å². The summed E-state index contributed by atoms with van der Waals surface area (Å²) in [6, 6.07) is 6.42. The quantitative estimate of drug-likeness (QED) is 0.857. The van der Waals surface area contributed by atoms with E-state index in [1.54, 1.807) is 18.2 Å². The molecule has 0 atom stereocenters. The van der Waals surface area contributed by atoms with Crippen LogP contribution in [0.1, 0.15) is 20.8 Å². The Morgan fingerprint density at radius 2 is 2.06 bits per heavy atom. The SMILES string of the molecule is CC(C)(C)CNc1cc2cccc(F)c2[nH]c1=O. The van der Waals surface area contributed by atoms with Crippen LogP contribution in [0.15, 0.2) is 29.1 Å². The normalized spacial score (nSPS) is 11.8. The average Bonchev–Trinajstić information content (AvgIpc) is 2.27. The molecule has 2 N–H and O–H groups in total. The number of hydrogen-bond donors (Lipinski definition) is 2. The zero-order chi connectivity index (χ0) is 13.3. The van der Waals surface area contributed by atoms with Gasteiger partial charge in [-0.05, 0) is 17.5 Å². The highest BCUT2D eigenvalue weighted by molar-refractivity contribution is 5.81. The van der Waals surface area contributed by atoms with Crippen molar-refractivity contribution in [1.82, 2.24) is 4.98 Å². The fourth-order valence-electron chi connectivity index (χ4n) is 1.69. The number of halogens is 1. The van der Waals surface area contributed by atoms with Crippen LogP contribution in [-0.4, -0.2) is 11.5 Å². The highest BCUT2D eigenvalue weighted by atomic mass is 19.1. The van der Waals surface area contributed by atoms with E-state index in [2.05, 4.69) is 31.1 Å². The van der Waals surface area contributed by atoms with Crippen molar-refractivity contribution in [2.75, 3.05) is 11.9 Å². The molecule has 0 saturated carbocycles. The number of fused-ring (bicyclic) bond motifs is 1. The molecule has 0 saturated heterocycles. The number of para-hydroxylation sites is 1. The first kappa shape index (κ1) is 12.6. The third-order valence-electron chi connectivity index (χ3n) is 2.64. The molecular formula is C14H17FN2O. The highest BCUT2D eigenvalue weighted by Gasteiger charge is 2.11. The Hall–Kier alpha value is -1.84. The van der Waals surface area contributed by atoms with Gasteiger partial charge in [0.1, 0.15) is 11.5 Å². The summed E-state index contributed by atoms with van der Waals surface area (Å²) in [6.45, 7) is 6.91. The number of hydrogen-bond acceptors (Lipinski definition) is 2. The number of aromatic nitrogens is 1. The molecule has 1 heterocycles. The van der Waals surface area contributed by atoms with E-state index in [1.165, 1.54) is 6.07 Å². The fourth-order valence-corrected chi connectivity index (χ4v) is 1.69. The molecule has 0 amide bonds. The van der Waals surface area contributed by atoms with Crippen LogP contribution in [0.5, 0.6) is 0 Å². The molecule has 18 heavy (non-hydrogen) atoms. The minimum absolute atomic E-state index is 0.0728. The summed E-state index contributed by atoms with van der Waals surface area (Å²) in [4.78, 5) is 14.4. The van der Waals surface area contributed by atoms with Gasteiger partial charge in [-0.15, -0.1) is 0 Å². The monoisotopic (exact) mass is 248 g/mol. The van der Waals surface area contributed by atoms with Gasteiger partial charge in [-0.2, -0.15) is 0 Å². The summed E-state index contributed by atoms with van der Waals surface area (Å²) in [5.41, 5.74) is 0.507. The van der Waals surface area contributed by atoms with Crippen molar-refractivity contribution in [3.05, 3.63) is 40.4 Å². The molecule has 0 unspecified atom stereocenters. The Labute approximate surface area is 105 Å². The fraction of sp³-hybridized carbons (Fsp3) is 0.357. The van der Waals surface area contributed by atoms with Gasteiger partial charge >= 0.3 is 0 Å². The second kappa shape index (κ2) is 4.44. The van der Waals surface area contributed by atoms with Gasteiger partial charge in [0, 0.05) is 11.9 Å². The van der Waals surface area contributed by atoms with E-state index in [9.17, 15) is 9.18 Å². The van der Waals surface area contributed by atoms with Crippen LogP contribution >= 0.6 is 0 Å². The van der Waals surface area contributed by atoms with Crippen molar-refractivity contribution in [2.45, 2.75) is 20.8 Å². The van der Waals surface area contributed by atoms with Crippen molar-refractivity contribution in [3.63, 3.8) is 0 Å². The standard InChI is InChI=1S/C14H17FN2O/c1-14(2,3)8-16-11-7-9-5-4-6-10(15)12(9)17-13(11)18/h4-7,16H,8H2,1-3H3,(H,17,18). The van der Waals surface area contributed by atoms with E-state index < -0.39 is 5.82 Å². The molecule has 1 aromatic carbocycles. The van der Waals surface area contributed by atoms with Crippen LogP contribution < -0.4 is 10.9 Å². The first-order valence-corrected chi connectivity index (χ1v) is 5.92. The Morgan fingerprint density at radius 1 is 1.33 bits per heavy atom. The summed E-state index contributed by atoms with van der Waals surface area (Å²) in [5.74, 6) is -0.410. The maximum absolute atomic E-state index is 13.5. The number of nitrogens with one attached hydrogen (secondary N) is 2. The van der Waals surface area contributed by atoms with E-state index >= 15 is 0 Å². The van der Waals surface area contributed by atoms with E-state index in [4.69, 9.17) is 0 Å². The minimum atomic E-state index is -0.410. The summed E-state index contributed by atoms with van der Waals surface area (Å²) in [7, 11) is 0. The number of pyridine rings is 1. The topological polar surface area (TPSA) is 44.9 Å². The van der Waals surface area contributed by atoms with Crippen molar-refractivity contribution < 1.29 is 4.39 Å². The first-order chi connectivity index (χ1) is 8.37. The van der Waals surface area contributed by atoms with Crippen LogP contribution in [0.2, 0.25) is 0 Å². The maximum Gasteiger partial charge on any atom is 0.271 e. The van der Waals surface area contributed by atoms with Crippen molar-refractivity contribution in [1.29, 1.82) is 0 Å². The number of benzene rings is 1. The van der Waals surface area contributed by atoms with Crippen molar-refractivity contribution in [3.8, 4) is 0 Å². The van der Waals surface area contributed by atoms with Crippen LogP contribution in [0.25, 0.3) is 10.9 Å². The molecule has 0 fully saturated rings. The molecule has 0 radical (unpaired) electrons. The molecule has 1 aromatic heterocycles. The van der Waals surface area contributed by atoms with Crippen LogP contribution in [0, 0.1) is 11.2 Å². The molecule has 0 spiro atoms. The average molecular weight is 248 g/mol. The Bertz CT molecular complexity index is 626. The van der Waals surface area contributed by atoms with E-state index in [0.717, 1.165) is 0 Å². The van der Waals surface area contributed by atoms with Gasteiger partial charge < -0.3 is 10.3 Å². The predicted molar refractivity (Wildman–Crippen MR) is 72.5 cm³/mol. The van der Waals surface area contributed by atoms with Gasteiger partial charge in [0.05, 0.1) is 5.52 Å². The minimum Gasteiger partial charge on any atom is -0.380 e. The molecule has 96 valence electrons. The number of aromatic amines is 1. The van der Waals surface area contributed by atoms with Gasteiger partial charge in [-0.1, -0.05) is 32.9 Å². The highest BCUT2D eigenvalue weighted by Crippen LogP contribution is 2.18. The van der Waals surface area contributed by atoms with Crippen molar-refractivity contribution >= 4 is 16.6 Å². The molecule has 2 rings (SSSR count). The van der Waals surface area contributed by atoms with Gasteiger partial charge in [0.2, 0.25) is 0 Å². The second-order valence-electron chi connectivity index (χ2n) is 5.63. The van der Waals surface area contributed by atoms with Gasteiger partial charge in [-0.3, -0.25) is 4.79 Å². The van der Waals surface area contributed by atoms with Gasteiger partial charge in [-0.25, -0.2) is 4.39 Å². The Balaban J connectivity index is 2.41. The molecular weight excluding hydrogens is 231 g/mol. The Kier molecular flexibility index (Phi) is 3.11. The number of rotatable bonds is 2. The number of anilines is 1. The molecule has 2 aromatic rings. The summed E-state index contributed by atoms with van der Waals surface area (Å²) < 4.78 is 13.5. The summed E-state index contributed by atoms with van der Waals surface area (Å²) in [5, 5.41) is 3.78. The maximum atomic E-state index is 13.5. The van der Waals surface area contributed by atoms with E-state index in [-0.39, 0.29) is 16.5 Å². The Morgan fingerprint density at radius 3 is 2.72 bits per heavy atom. The lowest BCUT2D eigenvalue weighted by atomic mass is 9.97. The smallest absolute Gasteiger partial charge is 0.271 e. The molecule has 3 nitrogen and oxygen atoms in total.